The molecule has 0 aliphatic carbocycles. The van der Waals surface area contributed by atoms with Crippen LogP contribution >= 0.6 is 0 Å². The Hall–Kier alpha value is -4.38. The summed E-state index contributed by atoms with van der Waals surface area (Å²) in [5, 5.41) is 6.43. The number of ketones is 2. The maximum atomic E-state index is 12.3. The molecule has 0 unspecified atom stereocenters. The van der Waals surface area contributed by atoms with E-state index in [2.05, 4.69) is 29.4 Å². The summed E-state index contributed by atoms with van der Waals surface area (Å²) in [7, 11) is 0. The van der Waals surface area contributed by atoms with E-state index in [1.807, 2.05) is 117 Å². The molecule has 202 valence electrons. The Labute approximate surface area is 232 Å². The van der Waals surface area contributed by atoms with E-state index >= 15 is 0 Å². The van der Waals surface area contributed by atoms with E-state index in [-0.39, 0.29) is 11.6 Å². The van der Waals surface area contributed by atoms with Gasteiger partial charge in [0.25, 0.3) is 0 Å². The number of anilines is 3. The van der Waals surface area contributed by atoms with Crippen LogP contribution in [0.4, 0.5) is 17.1 Å². The molecule has 0 fully saturated rings. The summed E-state index contributed by atoms with van der Waals surface area (Å²) in [5.41, 5.74) is 6.12. The van der Waals surface area contributed by atoms with E-state index < -0.39 is 0 Å². The molecule has 5 heteroatoms. The van der Waals surface area contributed by atoms with Crippen molar-refractivity contribution in [2.24, 2.45) is 0 Å². The van der Waals surface area contributed by atoms with Gasteiger partial charge in [-0.2, -0.15) is 0 Å². The number of hydrogen-bond acceptors (Lipinski definition) is 5. The lowest BCUT2D eigenvalue weighted by Crippen LogP contribution is -2.21. The second kappa shape index (κ2) is 15.1. The number of rotatable bonds is 11. The minimum Gasteiger partial charge on any atom is -0.385 e. The fourth-order valence-corrected chi connectivity index (χ4v) is 4.22. The number of hydrogen-bond donors (Lipinski definition) is 2. The van der Waals surface area contributed by atoms with Crippen molar-refractivity contribution in [1.82, 2.24) is 0 Å². The highest BCUT2D eigenvalue weighted by atomic mass is 16.1. The summed E-state index contributed by atoms with van der Waals surface area (Å²) in [4.78, 5) is 26.9. The molecule has 0 spiro atoms. The van der Waals surface area contributed by atoms with E-state index in [9.17, 15) is 9.59 Å². The van der Waals surface area contributed by atoms with Gasteiger partial charge in [-0.05, 0) is 100 Å². The van der Waals surface area contributed by atoms with E-state index in [1.54, 1.807) is 0 Å². The maximum absolute atomic E-state index is 12.3. The summed E-state index contributed by atoms with van der Waals surface area (Å²) in [5.74, 6) is 0.128. The zero-order valence-electron chi connectivity index (χ0n) is 23.4. The molecule has 4 aromatic rings. The van der Waals surface area contributed by atoms with Crippen LogP contribution in [0.15, 0.2) is 103 Å². The lowest BCUT2D eigenvalue weighted by Gasteiger charge is -2.21. The van der Waals surface area contributed by atoms with Gasteiger partial charge in [-0.25, -0.2) is 0 Å². The van der Waals surface area contributed by atoms with Gasteiger partial charge in [-0.3, -0.25) is 9.59 Å². The van der Waals surface area contributed by atoms with E-state index in [0.717, 1.165) is 54.4 Å². The van der Waals surface area contributed by atoms with Gasteiger partial charge in [0, 0.05) is 65.5 Å². The van der Waals surface area contributed by atoms with Crippen molar-refractivity contribution in [2.45, 2.75) is 27.7 Å². The molecule has 2 N–H and O–H groups in total. The molecular formula is C34H39N3O2. The van der Waals surface area contributed by atoms with Gasteiger partial charge in [-0.1, -0.05) is 30.3 Å². The zero-order chi connectivity index (χ0) is 28.0. The fourth-order valence-electron chi connectivity index (χ4n) is 4.22. The number of carbonyl (C=O) groups excluding carboxylic acids is 2. The highest BCUT2D eigenvalue weighted by Gasteiger charge is 2.10. The van der Waals surface area contributed by atoms with Gasteiger partial charge in [0.2, 0.25) is 0 Å². The third-order valence-electron chi connectivity index (χ3n) is 6.35. The molecule has 5 nitrogen and oxygen atoms in total. The highest BCUT2D eigenvalue weighted by molar-refractivity contribution is 6.09. The Bertz CT molecular complexity index is 1240. The van der Waals surface area contributed by atoms with Crippen molar-refractivity contribution in [3.63, 3.8) is 0 Å². The largest absolute Gasteiger partial charge is 0.385 e. The van der Waals surface area contributed by atoms with Gasteiger partial charge >= 0.3 is 0 Å². The lowest BCUT2D eigenvalue weighted by molar-refractivity contribution is 0.103. The SMILES string of the molecule is CCN(CC)c1ccc(C(=O)c2ccccc2)cc1.CCNc1ccc(C(=O)c2ccc(NCC)cc2)cc1. The predicted molar refractivity (Wildman–Crippen MR) is 165 cm³/mol. The van der Waals surface area contributed by atoms with Crippen LogP contribution in [0.3, 0.4) is 0 Å². The average Bonchev–Trinajstić information content (AvgIpc) is 2.99. The van der Waals surface area contributed by atoms with Gasteiger partial charge in [0.15, 0.2) is 11.6 Å². The van der Waals surface area contributed by atoms with Crippen LogP contribution in [0.5, 0.6) is 0 Å². The van der Waals surface area contributed by atoms with Crippen LogP contribution in [0.1, 0.15) is 59.5 Å². The van der Waals surface area contributed by atoms with Crippen LogP contribution < -0.4 is 15.5 Å². The molecule has 0 aliphatic heterocycles. The molecule has 4 aromatic carbocycles. The summed E-state index contributed by atoms with van der Waals surface area (Å²) >= 11 is 0. The summed E-state index contributed by atoms with van der Waals surface area (Å²) in [6, 6.07) is 32.4. The summed E-state index contributed by atoms with van der Waals surface area (Å²) in [6.45, 7) is 12.1. The quantitative estimate of drug-likeness (QED) is 0.200. The molecule has 0 saturated heterocycles. The molecule has 0 radical (unpaired) electrons. The standard InChI is InChI=1S/C17H20N2O.C17H19NO/c1-3-18-15-9-5-13(6-10-15)17(20)14-7-11-16(12-8-14)19-4-2;1-3-18(4-2)16-12-10-15(11-13-16)17(19)14-8-6-5-7-9-14/h5-12,18-19H,3-4H2,1-2H3;5-13H,3-4H2,1-2H3. The lowest BCUT2D eigenvalue weighted by atomic mass is 10.0. The van der Waals surface area contributed by atoms with Crippen molar-refractivity contribution >= 4 is 28.6 Å². The van der Waals surface area contributed by atoms with Crippen LogP contribution in [0.25, 0.3) is 0 Å². The number of nitrogens with one attached hydrogen (secondary N) is 2. The topological polar surface area (TPSA) is 61.4 Å². The minimum atomic E-state index is 0.0519. The van der Waals surface area contributed by atoms with Gasteiger partial charge in [-0.15, -0.1) is 0 Å². The first-order valence-corrected chi connectivity index (χ1v) is 13.7. The van der Waals surface area contributed by atoms with E-state index in [0.29, 0.717) is 11.1 Å². The normalized spacial score (nSPS) is 10.2. The van der Waals surface area contributed by atoms with E-state index in [4.69, 9.17) is 0 Å². The molecule has 0 aromatic heterocycles. The molecule has 0 heterocycles. The minimum absolute atomic E-state index is 0.0519. The van der Waals surface area contributed by atoms with Crippen molar-refractivity contribution in [1.29, 1.82) is 0 Å². The van der Waals surface area contributed by atoms with Crippen LogP contribution in [0, 0.1) is 0 Å². The molecule has 0 aliphatic rings. The van der Waals surface area contributed by atoms with Gasteiger partial charge in [0.1, 0.15) is 0 Å². The Morgan fingerprint density at radius 1 is 0.513 bits per heavy atom. The average molecular weight is 522 g/mol. The zero-order valence-corrected chi connectivity index (χ0v) is 23.4. The molecule has 4 rings (SSSR count). The molecule has 0 saturated carbocycles. The summed E-state index contributed by atoms with van der Waals surface area (Å²) in [6.07, 6.45) is 0. The van der Waals surface area contributed by atoms with Crippen LogP contribution in [0.2, 0.25) is 0 Å². The Morgan fingerprint density at radius 2 is 0.872 bits per heavy atom. The van der Waals surface area contributed by atoms with Crippen molar-refractivity contribution in [3.8, 4) is 0 Å². The third-order valence-corrected chi connectivity index (χ3v) is 6.35. The first kappa shape index (κ1) is 29.2. The number of carbonyl (C=O) groups is 2. The highest BCUT2D eigenvalue weighted by Crippen LogP contribution is 2.18. The summed E-state index contributed by atoms with van der Waals surface area (Å²) < 4.78 is 0. The van der Waals surface area contributed by atoms with Crippen LogP contribution in [-0.4, -0.2) is 37.7 Å². The molecule has 39 heavy (non-hydrogen) atoms. The van der Waals surface area contributed by atoms with Gasteiger partial charge < -0.3 is 15.5 Å². The van der Waals surface area contributed by atoms with Crippen molar-refractivity contribution in [3.05, 3.63) is 125 Å². The number of nitrogens with zero attached hydrogens (tertiary/aromatic N) is 1. The Kier molecular flexibility index (Phi) is 11.3. The molecular weight excluding hydrogens is 482 g/mol. The maximum Gasteiger partial charge on any atom is 0.193 e. The Balaban J connectivity index is 0.000000216. The van der Waals surface area contributed by atoms with E-state index in [1.165, 1.54) is 0 Å². The van der Waals surface area contributed by atoms with Crippen LogP contribution in [-0.2, 0) is 0 Å². The fraction of sp³-hybridized carbons (Fsp3) is 0.235. The second-order valence-corrected chi connectivity index (χ2v) is 8.96. The molecule has 0 amide bonds. The van der Waals surface area contributed by atoms with Crippen molar-refractivity contribution in [2.75, 3.05) is 41.7 Å². The molecule has 0 atom stereocenters. The Morgan fingerprint density at radius 3 is 1.23 bits per heavy atom. The smallest absolute Gasteiger partial charge is 0.193 e. The predicted octanol–water partition coefficient (Wildman–Crippen LogP) is 7.55. The number of benzene rings is 4. The first-order valence-electron chi connectivity index (χ1n) is 13.7. The monoisotopic (exact) mass is 521 g/mol. The van der Waals surface area contributed by atoms with Gasteiger partial charge in [0.05, 0.1) is 0 Å². The second-order valence-electron chi connectivity index (χ2n) is 8.96. The van der Waals surface area contributed by atoms with Crippen molar-refractivity contribution < 1.29 is 9.59 Å². The molecule has 0 bridgehead atoms. The first-order chi connectivity index (χ1) is 19.0. The third kappa shape index (κ3) is 8.30.